The van der Waals surface area contributed by atoms with Crippen molar-refractivity contribution in [1.82, 2.24) is 0 Å². The molecule has 90 valence electrons. The van der Waals surface area contributed by atoms with Crippen LogP contribution in [0.4, 0.5) is 17.3 Å². The van der Waals surface area contributed by atoms with Gasteiger partial charge in [-0.3, -0.25) is 4.90 Å². The maximum Gasteiger partial charge on any atom is 0.673 e. The summed E-state index contributed by atoms with van der Waals surface area (Å²) in [6.07, 6.45) is 5.94. The van der Waals surface area contributed by atoms with E-state index in [0.29, 0.717) is 6.04 Å². The summed E-state index contributed by atoms with van der Waals surface area (Å²) in [5, 5.41) is 0. The first-order valence-electron chi connectivity index (χ1n) is 5.06. The smallest absolute Gasteiger partial charge is 0.418 e. The summed E-state index contributed by atoms with van der Waals surface area (Å²) in [5.41, 5.74) is 0. The Morgan fingerprint density at radius 2 is 1.93 bits per heavy atom. The number of quaternary nitrogens is 1. The molecule has 0 spiro atoms. The molecule has 2 nitrogen and oxygen atoms in total. The van der Waals surface area contributed by atoms with E-state index < -0.39 is 7.25 Å². The van der Waals surface area contributed by atoms with Gasteiger partial charge in [-0.1, -0.05) is 19.8 Å². The third kappa shape index (κ3) is 11.3. The molecule has 0 aliphatic carbocycles. The van der Waals surface area contributed by atoms with Crippen LogP contribution < -0.4 is 4.90 Å². The molecule has 1 aliphatic heterocycles. The van der Waals surface area contributed by atoms with Gasteiger partial charge in [-0.2, -0.15) is 0 Å². The molecule has 0 aromatic carbocycles. The van der Waals surface area contributed by atoms with Crippen molar-refractivity contribution in [3.63, 3.8) is 0 Å². The van der Waals surface area contributed by atoms with Crippen LogP contribution in [0.3, 0.4) is 0 Å². The minimum Gasteiger partial charge on any atom is -0.418 e. The lowest BCUT2D eigenvalue weighted by Crippen LogP contribution is -3.07. The Balaban J connectivity index is 0.000000336. The van der Waals surface area contributed by atoms with Crippen LogP contribution in [-0.4, -0.2) is 33.2 Å². The number of hydrogen-bond acceptors (Lipinski definition) is 1. The lowest BCUT2D eigenvalue weighted by molar-refractivity contribution is -0.769. The summed E-state index contributed by atoms with van der Waals surface area (Å²) in [6, 6.07) is 0.625. The first kappa shape index (κ1) is 14.4. The Kier molecular flexibility index (Phi) is 6.55. The van der Waals surface area contributed by atoms with E-state index in [1.807, 2.05) is 6.34 Å². The molecule has 0 aromatic rings. The van der Waals surface area contributed by atoms with Gasteiger partial charge in [0.15, 0.2) is 6.34 Å². The molecule has 0 radical (unpaired) electrons. The molecule has 0 fully saturated rings. The summed E-state index contributed by atoms with van der Waals surface area (Å²) in [6.45, 7) is 3.44. The van der Waals surface area contributed by atoms with Gasteiger partial charge in [0.25, 0.3) is 0 Å². The van der Waals surface area contributed by atoms with Crippen molar-refractivity contribution in [2.75, 3.05) is 13.6 Å². The SMILES string of the molecule is CCCCC1C[NH+](C)C=N1.F[B-](F)(F)F. The average Bonchev–Trinajstić information content (AvgIpc) is 2.45. The normalized spacial score (nSPS) is 24.9. The van der Waals surface area contributed by atoms with E-state index in [9.17, 15) is 17.3 Å². The van der Waals surface area contributed by atoms with E-state index in [0.717, 1.165) is 0 Å². The third-order valence-corrected chi connectivity index (χ3v) is 1.95. The highest BCUT2D eigenvalue weighted by Crippen LogP contribution is 2.06. The molecule has 1 aliphatic rings. The largest absolute Gasteiger partial charge is 0.673 e. The molecule has 0 amide bonds. The standard InChI is InChI=1S/C8H16N2.BF4/c1-3-4-5-8-6-10(2)7-9-8;2-1(3,4)5/h7-8H,3-6H2,1-2H3;/q;-1/p+1. The van der Waals surface area contributed by atoms with Crippen molar-refractivity contribution in [2.24, 2.45) is 4.99 Å². The Morgan fingerprint density at radius 1 is 1.40 bits per heavy atom. The molecule has 0 saturated carbocycles. The van der Waals surface area contributed by atoms with Crippen molar-refractivity contribution in [3.8, 4) is 0 Å². The fourth-order valence-corrected chi connectivity index (χ4v) is 1.33. The van der Waals surface area contributed by atoms with Crippen LogP contribution in [0.2, 0.25) is 0 Å². The first-order chi connectivity index (χ1) is 6.83. The van der Waals surface area contributed by atoms with Gasteiger partial charge in [0.2, 0.25) is 0 Å². The maximum absolute atomic E-state index is 9.75. The highest BCUT2D eigenvalue weighted by Gasteiger charge is 2.20. The topological polar surface area (TPSA) is 16.8 Å². The van der Waals surface area contributed by atoms with Gasteiger partial charge < -0.3 is 17.3 Å². The molecule has 0 bridgehead atoms. The predicted octanol–water partition coefficient (Wildman–Crippen LogP) is 1.40. The van der Waals surface area contributed by atoms with E-state index in [2.05, 4.69) is 19.0 Å². The minimum atomic E-state index is -6.00. The number of hydrogen-bond donors (Lipinski definition) is 1. The second-order valence-corrected chi connectivity index (χ2v) is 3.62. The summed E-state index contributed by atoms with van der Waals surface area (Å²) < 4.78 is 39.0. The fourth-order valence-electron chi connectivity index (χ4n) is 1.33. The maximum atomic E-state index is 9.75. The van der Waals surface area contributed by atoms with E-state index in [-0.39, 0.29) is 0 Å². The second kappa shape index (κ2) is 6.82. The van der Waals surface area contributed by atoms with Crippen LogP contribution in [0, 0.1) is 0 Å². The van der Waals surface area contributed by atoms with E-state index in [1.54, 1.807) is 0 Å². The monoisotopic (exact) mass is 228 g/mol. The quantitative estimate of drug-likeness (QED) is 0.555. The van der Waals surface area contributed by atoms with Crippen molar-refractivity contribution < 1.29 is 22.2 Å². The van der Waals surface area contributed by atoms with E-state index >= 15 is 0 Å². The van der Waals surface area contributed by atoms with Gasteiger partial charge in [-0.05, 0) is 6.42 Å². The molecule has 0 saturated heterocycles. The van der Waals surface area contributed by atoms with Gasteiger partial charge in [0.1, 0.15) is 12.6 Å². The van der Waals surface area contributed by atoms with E-state index in [1.165, 1.54) is 30.7 Å². The lowest BCUT2D eigenvalue weighted by atomic mass is 10.1. The highest BCUT2D eigenvalue weighted by atomic mass is 19.5. The van der Waals surface area contributed by atoms with Crippen LogP contribution in [-0.2, 0) is 0 Å². The van der Waals surface area contributed by atoms with Gasteiger partial charge >= 0.3 is 7.25 Å². The zero-order valence-electron chi connectivity index (χ0n) is 9.02. The minimum absolute atomic E-state index is 0.625. The molecule has 0 aromatic heterocycles. The third-order valence-electron chi connectivity index (χ3n) is 1.95. The first-order valence-corrected chi connectivity index (χ1v) is 5.06. The molecule has 1 N–H and O–H groups in total. The van der Waals surface area contributed by atoms with Crippen molar-refractivity contribution in [2.45, 2.75) is 32.2 Å². The average molecular weight is 228 g/mol. The number of aliphatic imine (C=N–C) groups is 1. The number of nitrogens with one attached hydrogen (secondary N) is 1. The summed E-state index contributed by atoms with van der Waals surface area (Å²) in [4.78, 5) is 5.84. The molecule has 1 heterocycles. The van der Waals surface area contributed by atoms with Crippen molar-refractivity contribution in [3.05, 3.63) is 0 Å². The molecular formula is C8H17BF4N2. The van der Waals surface area contributed by atoms with Crippen LogP contribution >= 0.6 is 0 Å². The van der Waals surface area contributed by atoms with Crippen molar-refractivity contribution in [1.29, 1.82) is 0 Å². The lowest BCUT2D eigenvalue weighted by Gasteiger charge is -2.04. The Labute approximate surface area is 87.5 Å². The Morgan fingerprint density at radius 3 is 2.27 bits per heavy atom. The van der Waals surface area contributed by atoms with Crippen LogP contribution in [0.15, 0.2) is 4.99 Å². The van der Waals surface area contributed by atoms with Crippen LogP contribution in [0.5, 0.6) is 0 Å². The molecule has 7 heteroatoms. The van der Waals surface area contributed by atoms with Crippen molar-refractivity contribution >= 4 is 13.6 Å². The van der Waals surface area contributed by atoms with Gasteiger partial charge in [0, 0.05) is 0 Å². The van der Waals surface area contributed by atoms with Crippen LogP contribution in [0.1, 0.15) is 26.2 Å². The number of rotatable bonds is 3. The fraction of sp³-hybridized carbons (Fsp3) is 0.875. The second-order valence-electron chi connectivity index (χ2n) is 3.62. The zero-order chi connectivity index (χ0) is 11.9. The summed E-state index contributed by atoms with van der Waals surface area (Å²) in [7, 11) is -3.84. The summed E-state index contributed by atoms with van der Waals surface area (Å²) >= 11 is 0. The Hall–Kier alpha value is -0.585. The molecule has 2 atom stereocenters. The van der Waals surface area contributed by atoms with E-state index in [4.69, 9.17) is 0 Å². The molecule has 15 heavy (non-hydrogen) atoms. The predicted molar refractivity (Wildman–Crippen MR) is 53.7 cm³/mol. The zero-order valence-corrected chi connectivity index (χ0v) is 9.02. The Bertz CT molecular complexity index is 190. The number of halogens is 4. The number of likely N-dealkylation sites (N-methyl/N-ethyl adjacent to an activating group) is 1. The van der Waals surface area contributed by atoms with Gasteiger partial charge in [-0.15, -0.1) is 0 Å². The molecule has 2 unspecified atom stereocenters. The van der Waals surface area contributed by atoms with Gasteiger partial charge in [-0.25, -0.2) is 4.99 Å². The highest BCUT2D eigenvalue weighted by molar-refractivity contribution is 6.50. The molecular weight excluding hydrogens is 211 g/mol. The van der Waals surface area contributed by atoms with Gasteiger partial charge in [0.05, 0.1) is 7.05 Å². The number of nitrogens with zero attached hydrogens (tertiary/aromatic N) is 1. The molecule has 1 rings (SSSR count). The summed E-state index contributed by atoms with van der Waals surface area (Å²) in [5.74, 6) is 0. The number of unbranched alkanes of at least 4 members (excludes halogenated alkanes) is 1. The van der Waals surface area contributed by atoms with Crippen LogP contribution in [0.25, 0.3) is 0 Å².